The van der Waals surface area contributed by atoms with Gasteiger partial charge in [-0.3, -0.25) is 0 Å². The number of hydrogen-bond donors (Lipinski definition) is 2. The predicted molar refractivity (Wildman–Crippen MR) is 114 cm³/mol. The molecule has 0 atom stereocenters. The molecule has 7 nitrogen and oxygen atoms in total. The highest BCUT2D eigenvalue weighted by Crippen LogP contribution is 2.34. The smallest absolute Gasteiger partial charge is 0.231 e. The van der Waals surface area contributed by atoms with E-state index in [4.69, 9.17) is 14.2 Å². The van der Waals surface area contributed by atoms with E-state index in [1.165, 1.54) is 0 Å². The van der Waals surface area contributed by atoms with Crippen molar-refractivity contribution in [2.24, 2.45) is 0 Å². The topological polar surface area (TPSA) is 77.5 Å². The first-order chi connectivity index (χ1) is 14.8. The highest BCUT2D eigenvalue weighted by molar-refractivity contribution is 5.62. The molecule has 0 radical (unpaired) electrons. The quantitative estimate of drug-likeness (QED) is 0.445. The summed E-state index contributed by atoms with van der Waals surface area (Å²) in [5, 5.41) is 6.45. The molecule has 0 bridgehead atoms. The Labute approximate surface area is 173 Å². The lowest BCUT2D eigenvalue weighted by Gasteiger charge is -2.10. The minimum atomic E-state index is 0.240. The molecule has 0 saturated heterocycles. The van der Waals surface area contributed by atoms with E-state index in [0.717, 1.165) is 28.6 Å². The molecule has 0 spiro atoms. The van der Waals surface area contributed by atoms with Crippen LogP contribution in [0.4, 0.5) is 23.1 Å². The summed E-state index contributed by atoms with van der Waals surface area (Å²) in [6.45, 7) is 0.240. The molecule has 0 saturated carbocycles. The summed E-state index contributed by atoms with van der Waals surface area (Å²) in [6.07, 6.45) is 1.69. The maximum absolute atomic E-state index is 5.82. The zero-order chi connectivity index (χ0) is 20.2. The van der Waals surface area contributed by atoms with Crippen molar-refractivity contribution in [3.63, 3.8) is 0 Å². The lowest BCUT2D eigenvalue weighted by Crippen LogP contribution is -2.00. The lowest BCUT2D eigenvalue weighted by molar-refractivity contribution is 0.174. The molecule has 30 heavy (non-hydrogen) atoms. The highest BCUT2D eigenvalue weighted by Gasteiger charge is 2.13. The van der Waals surface area contributed by atoms with Crippen molar-refractivity contribution in [2.75, 3.05) is 17.4 Å². The largest absolute Gasteiger partial charge is 0.457 e. The first kappa shape index (κ1) is 17.8. The highest BCUT2D eigenvalue weighted by atomic mass is 16.7. The van der Waals surface area contributed by atoms with Gasteiger partial charge in [-0.2, -0.15) is 4.98 Å². The number of benzene rings is 3. The van der Waals surface area contributed by atoms with Crippen LogP contribution in [0.2, 0.25) is 0 Å². The van der Waals surface area contributed by atoms with Gasteiger partial charge in [-0.1, -0.05) is 18.2 Å². The van der Waals surface area contributed by atoms with Crippen LogP contribution in [-0.4, -0.2) is 16.8 Å². The van der Waals surface area contributed by atoms with Crippen LogP contribution in [0, 0.1) is 0 Å². The van der Waals surface area contributed by atoms with Crippen LogP contribution in [0.1, 0.15) is 0 Å². The Bertz CT molecular complexity index is 1150. The van der Waals surface area contributed by atoms with E-state index in [1.807, 2.05) is 72.8 Å². The Kier molecular flexibility index (Phi) is 4.75. The van der Waals surface area contributed by atoms with E-state index >= 15 is 0 Å². The third kappa shape index (κ3) is 4.10. The standard InChI is InChI=1S/C23H18N4O3/c1-2-4-18(5-3-1)30-19-9-6-16(7-10-19)25-22-12-13-24-23(27-22)26-17-8-11-20-21(14-17)29-15-28-20/h1-14H,15H2,(H2,24,25,26,27). The van der Waals surface area contributed by atoms with Crippen LogP contribution in [0.25, 0.3) is 0 Å². The Morgan fingerprint density at radius 3 is 2.37 bits per heavy atom. The van der Waals surface area contributed by atoms with Crippen LogP contribution in [0.15, 0.2) is 85.1 Å². The van der Waals surface area contributed by atoms with Gasteiger partial charge >= 0.3 is 0 Å². The van der Waals surface area contributed by atoms with Gasteiger partial charge in [-0.05, 0) is 54.6 Å². The Balaban J connectivity index is 1.25. The second-order valence-corrected chi connectivity index (χ2v) is 6.52. The normalized spacial score (nSPS) is 11.7. The minimum Gasteiger partial charge on any atom is -0.457 e. The summed E-state index contributed by atoms with van der Waals surface area (Å²) in [4.78, 5) is 8.79. The third-order valence-corrected chi connectivity index (χ3v) is 4.39. The SMILES string of the molecule is c1ccc(Oc2ccc(Nc3ccnc(Nc4ccc5c(c4)OCO5)n3)cc2)cc1. The van der Waals surface area contributed by atoms with E-state index in [1.54, 1.807) is 12.3 Å². The molecule has 0 aliphatic carbocycles. The van der Waals surface area contributed by atoms with Crippen LogP contribution in [0.5, 0.6) is 23.0 Å². The molecular weight excluding hydrogens is 380 g/mol. The Morgan fingerprint density at radius 2 is 1.50 bits per heavy atom. The fourth-order valence-electron chi connectivity index (χ4n) is 2.97. The summed E-state index contributed by atoms with van der Waals surface area (Å²) in [7, 11) is 0. The van der Waals surface area contributed by atoms with Gasteiger partial charge in [0.15, 0.2) is 11.5 Å². The maximum Gasteiger partial charge on any atom is 0.231 e. The molecule has 148 valence electrons. The number of para-hydroxylation sites is 1. The molecular formula is C23H18N4O3. The second-order valence-electron chi connectivity index (χ2n) is 6.52. The molecule has 1 aliphatic rings. The minimum absolute atomic E-state index is 0.240. The van der Waals surface area contributed by atoms with Crippen LogP contribution >= 0.6 is 0 Å². The van der Waals surface area contributed by atoms with Crippen molar-refractivity contribution in [1.29, 1.82) is 0 Å². The van der Waals surface area contributed by atoms with Gasteiger partial charge in [0.2, 0.25) is 12.7 Å². The first-order valence-corrected chi connectivity index (χ1v) is 9.41. The number of fused-ring (bicyclic) bond motifs is 1. The number of nitrogens with one attached hydrogen (secondary N) is 2. The molecule has 0 fully saturated rings. The van der Waals surface area contributed by atoms with Crippen molar-refractivity contribution >= 4 is 23.1 Å². The van der Waals surface area contributed by atoms with E-state index in [0.29, 0.717) is 17.5 Å². The third-order valence-electron chi connectivity index (χ3n) is 4.39. The van der Waals surface area contributed by atoms with Gasteiger partial charge in [-0.25, -0.2) is 4.98 Å². The van der Waals surface area contributed by atoms with Gasteiger partial charge in [-0.15, -0.1) is 0 Å². The molecule has 4 aromatic rings. The molecule has 7 heteroatoms. The van der Waals surface area contributed by atoms with Crippen LogP contribution in [0.3, 0.4) is 0 Å². The summed E-state index contributed by atoms with van der Waals surface area (Å²) in [6, 6.07) is 24.8. The van der Waals surface area contributed by atoms with Crippen molar-refractivity contribution in [3.8, 4) is 23.0 Å². The number of ether oxygens (including phenoxy) is 3. The van der Waals surface area contributed by atoms with E-state index in [2.05, 4.69) is 20.6 Å². The summed E-state index contributed by atoms with van der Waals surface area (Å²) >= 11 is 0. The summed E-state index contributed by atoms with van der Waals surface area (Å²) in [5.74, 6) is 4.14. The van der Waals surface area contributed by atoms with Crippen LogP contribution < -0.4 is 24.8 Å². The monoisotopic (exact) mass is 398 g/mol. The fraction of sp³-hybridized carbons (Fsp3) is 0.0435. The van der Waals surface area contributed by atoms with Crippen molar-refractivity contribution < 1.29 is 14.2 Å². The van der Waals surface area contributed by atoms with Crippen molar-refractivity contribution in [2.45, 2.75) is 0 Å². The van der Waals surface area contributed by atoms with E-state index < -0.39 is 0 Å². The zero-order valence-corrected chi connectivity index (χ0v) is 15.9. The van der Waals surface area contributed by atoms with Gasteiger partial charge in [0.25, 0.3) is 0 Å². The number of rotatable bonds is 6. The average molecular weight is 398 g/mol. The van der Waals surface area contributed by atoms with E-state index in [9.17, 15) is 0 Å². The molecule has 3 aromatic carbocycles. The van der Waals surface area contributed by atoms with Gasteiger partial charge in [0.1, 0.15) is 17.3 Å². The molecule has 5 rings (SSSR count). The molecule has 0 amide bonds. The fourth-order valence-corrected chi connectivity index (χ4v) is 2.97. The molecule has 1 aliphatic heterocycles. The van der Waals surface area contributed by atoms with Crippen LogP contribution in [-0.2, 0) is 0 Å². The number of anilines is 4. The first-order valence-electron chi connectivity index (χ1n) is 9.41. The van der Waals surface area contributed by atoms with Gasteiger partial charge in [0, 0.05) is 23.6 Å². The number of aromatic nitrogens is 2. The zero-order valence-electron chi connectivity index (χ0n) is 15.9. The molecule has 0 unspecified atom stereocenters. The molecule has 1 aromatic heterocycles. The summed E-state index contributed by atoms with van der Waals surface area (Å²) < 4.78 is 16.5. The van der Waals surface area contributed by atoms with Crippen molar-refractivity contribution in [3.05, 3.63) is 85.1 Å². The lowest BCUT2D eigenvalue weighted by atomic mass is 10.3. The Morgan fingerprint density at radius 1 is 0.733 bits per heavy atom. The van der Waals surface area contributed by atoms with Crippen molar-refractivity contribution in [1.82, 2.24) is 9.97 Å². The maximum atomic E-state index is 5.82. The van der Waals surface area contributed by atoms with Gasteiger partial charge < -0.3 is 24.8 Å². The summed E-state index contributed by atoms with van der Waals surface area (Å²) in [5.41, 5.74) is 1.71. The van der Waals surface area contributed by atoms with E-state index in [-0.39, 0.29) is 6.79 Å². The number of nitrogens with zero attached hydrogens (tertiary/aromatic N) is 2. The average Bonchev–Trinajstić information content (AvgIpc) is 3.24. The molecule has 2 N–H and O–H groups in total. The van der Waals surface area contributed by atoms with Gasteiger partial charge in [0.05, 0.1) is 0 Å². The Hall–Kier alpha value is -4.26. The second kappa shape index (κ2) is 8.00. The molecule has 2 heterocycles. The predicted octanol–water partition coefficient (Wildman–Crippen LogP) is 5.48. The number of hydrogen-bond acceptors (Lipinski definition) is 7.